The molecule has 0 radical (unpaired) electrons. The van der Waals surface area contributed by atoms with Crippen molar-refractivity contribution in [2.24, 2.45) is 0 Å². The molecular weight excluding hydrogens is 386 g/mol. The van der Waals surface area contributed by atoms with E-state index in [9.17, 15) is 0 Å². The highest BCUT2D eigenvalue weighted by atomic mass is 15.3. The van der Waals surface area contributed by atoms with Gasteiger partial charge in [0.15, 0.2) is 0 Å². The van der Waals surface area contributed by atoms with Gasteiger partial charge in [-0.3, -0.25) is 9.58 Å². The SMILES string of the molecule is Cc1nn(C(C)C)c(C)c1CN1CCCC1c1cccc(Nc2ccc(C#N)nc2)n1. The summed E-state index contributed by atoms with van der Waals surface area (Å²) in [5, 5.41) is 17.0. The highest BCUT2D eigenvalue weighted by molar-refractivity contribution is 5.55. The smallest absolute Gasteiger partial charge is 0.140 e. The summed E-state index contributed by atoms with van der Waals surface area (Å²) >= 11 is 0. The Balaban J connectivity index is 1.52. The van der Waals surface area contributed by atoms with Crippen LogP contribution < -0.4 is 5.32 Å². The van der Waals surface area contributed by atoms with Gasteiger partial charge >= 0.3 is 0 Å². The van der Waals surface area contributed by atoms with Crippen molar-refractivity contribution in [2.45, 2.75) is 59.2 Å². The highest BCUT2D eigenvalue weighted by Crippen LogP contribution is 2.34. The van der Waals surface area contributed by atoms with E-state index in [4.69, 9.17) is 15.3 Å². The monoisotopic (exact) mass is 415 g/mol. The van der Waals surface area contributed by atoms with Gasteiger partial charge in [0.2, 0.25) is 0 Å². The average Bonchev–Trinajstić information content (AvgIpc) is 3.34. The standard InChI is InChI=1S/C24H29N7/c1-16(2)31-18(4)21(17(3)29-31)15-30-12-6-8-23(30)22-7-5-9-24(28-22)27-20-11-10-19(13-25)26-14-20/h5,7,9-11,14,16,23H,6,8,12,15H2,1-4H3,(H,27,28). The average molecular weight is 416 g/mol. The number of hydrogen-bond acceptors (Lipinski definition) is 6. The molecule has 1 N–H and O–H groups in total. The summed E-state index contributed by atoms with van der Waals surface area (Å²) in [4.78, 5) is 11.5. The molecule has 31 heavy (non-hydrogen) atoms. The molecule has 4 rings (SSSR count). The van der Waals surface area contributed by atoms with Crippen LogP contribution in [-0.4, -0.2) is 31.2 Å². The maximum atomic E-state index is 8.91. The highest BCUT2D eigenvalue weighted by Gasteiger charge is 2.29. The topological polar surface area (TPSA) is 82.7 Å². The Morgan fingerprint density at radius 2 is 2.06 bits per heavy atom. The molecule has 1 unspecified atom stereocenters. The first-order valence-electron chi connectivity index (χ1n) is 10.8. The fourth-order valence-electron chi connectivity index (χ4n) is 4.37. The lowest BCUT2D eigenvalue weighted by atomic mass is 10.1. The molecule has 1 aliphatic heterocycles. The maximum Gasteiger partial charge on any atom is 0.140 e. The third-order valence-corrected chi connectivity index (χ3v) is 5.95. The molecule has 7 nitrogen and oxygen atoms in total. The summed E-state index contributed by atoms with van der Waals surface area (Å²) in [5.74, 6) is 0.788. The van der Waals surface area contributed by atoms with Gasteiger partial charge in [-0.05, 0) is 71.3 Å². The van der Waals surface area contributed by atoms with Crippen molar-refractivity contribution in [1.82, 2.24) is 24.6 Å². The molecule has 0 aliphatic carbocycles. The number of hydrogen-bond donors (Lipinski definition) is 1. The van der Waals surface area contributed by atoms with Crippen LogP contribution in [0.2, 0.25) is 0 Å². The third kappa shape index (κ3) is 4.44. The zero-order valence-corrected chi connectivity index (χ0v) is 18.6. The van der Waals surface area contributed by atoms with Crippen molar-refractivity contribution < 1.29 is 0 Å². The van der Waals surface area contributed by atoms with E-state index in [-0.39, 0.29) is 0 Å². The van der Waals surface area contributed by atoms with Crippen molar-refractivity contribution in [3.63, 3.8) is 0 Å². The number of nitriles is 1. The van der Waals surface area contributed by atoms with Gasteiger partial charge in [-0.2, -0.15) is 10.4 Å². The van der Waals surface area contributed by atoms with Crippen LogP contribution >= 0.6 is 0 Å². The van der Waals surface area contributed by atoms with Crippen molar-refractivity contribution >= 4 is 11.5 Å². The van der Waals surface area contributed by atoms with Crippen molar-refractivity contribution in [2.75, 3.05) is 11.9 Å². The fraction of sp³-hybridized carbons (Fsp3) is 0.417. The summed E-state index contributed by atoms with van der Waals surface area (Å²) in [7, 11) is 0. The number of likely N-dealkylation sites (tertiary alicyclic amines) is 1. The normalized spacial score (nSPS) is 16.6. The Morgan fingerprint density at radius 1 is 1.23 bits per heavy atom. The van der Waals surface area contributed by atoms with Gasteiger partial charge in [-0.15, -0.1) is 0 Å². The number of rotatable bonds is 6. The summed E-state index contributed by atoms with van der Waals surface area (Å²) in [6, 6.07) is 12.4. The maximum absolute atomic E-state index is 8.91. The van der Waals surface area contributed by atoms with Gasteiger partial charge in [-0.1, -0.05) is 6.07 Å². The molecule has 0 spiro atoms. The molecule has 0 aromatic carbocycles. The molecule has 160 valence electrons. The fourth-order valence-corrected chi connectivity index (χ4v) is 4.37. The van der Waals surface area contributed by atoms with Gasteiger partial charge in [-0.25, -0.2) is 9.97 Å². The van der Waals surface area contributed by atoms with E-state index in [2.05, 4.69) is 53.6 Å². The predicted molar refractivity (Wildman–Crippen MR) is 121 cm³/mol. The predicted octanol–water partition coefficient (Wildman–Crippen LogP) is 4.82. The Hall–Kier alpha value is -3.24. The van der Waals surface area contributed by atoms with Crippen LogP contribution in [0.25, 0.3) is 0 Å². The number of nitrogens with one attached hydrogen (secondary N) is 1. The molecule has 0 bridgehead atoms. The lowest BCUT2D eigenvalue weighted by molar-refractivity contribution is 0.243. The van der Waals surface area contributed by atoms with E-state index in [0.29, 0.717) is 17.8 Å². The molecule has 1 fully saturated rings. The van der Waals surface area contributed by atoms with E-state index >= 15 is 0 Å². The molecule has 0 saturated carbocycles. The van der Waals surface area contributed by atoms with Crippen LogP contribution in [0.15, 0.2) is 36.5 Å². The molecule has 3 aromatic rings. The van der Waals surface area contributed by atoms with E-state index in [1.807, 2.05) is 24.3 Å². The minimum absolute atomic E-state index is 0.294. The van der Waals surface area contributed by atoms with Crippen LogP contribution in [0.5, 0.6) is 0 Å². The van der Waals surface area contributed by atoms with Gasteiger partial charge in [0.25, 0.3) is 0 Å². The zero-order chi connectivity index (χ0) is 22.0. The lowest BCUT2D eigenvalue weighted by Crippen LogP contribution is -2.24. The first-order chi connectivity index (χ1) is 15.0. The Kier molecular flexibility index (Phi) is 6.01. The van der Waals surface area contributed by atoms with Gasteiger partial charge < -0.3 is 5.32 Å². The molecule has 7 heteroatoms. The molecule has 0 amide bonds. The van der Waals surface area contributed by atoms with Crippen molar-refractivity contribution in [3.8, 4) is 6.07 Å². The van der Waals surface area contributed by atoms with Crippen LogP contribution in [0.3, 0.4) is 0 Å². The van der Waals surface area contributed by atoms with E-state index < -0.39 is 0 Å². The largest absolute Gasteiger partial charge is 0.339 e. The molecule has 1 aliphatic rings. The lowest BCUT2D eigenvalue weighted by Gasteiger charge is -2.25. The summed E-state index contributed by atoms with van der Waals surface area (Å²) in [6.07, 6.45) is 3.93. The second-order valence-corrected chi connectivity index (χ2v) is 8.43. The molecule has 3 aromatic heterocycles. The number of anilines is 2. The quantitative estimate of drug-likeness (QED) is 0.621. The molecule has 1 atom stereocenters. The van der Waals surface area contributed by atoms with Crippen LogP contribution in [0.1, 0.15) is 67.1 Å². The molecule has 1 saturated heterocycles. The number of aromatic nitrogens is 4. The zero-order valence-electron chi connectivity index (χ0n) is 18.6. The third-order valence-electron chi connectivity index (χ3n) is 5.95. The Labute approximate surface area is 183 Å². The molecule has 4 heterocycles. The minimum atomic E-state index is 0.294. The second-order valence-electron chi connectivity index (χ2n) is 8.43. The van der Waals surface area contributed by atoms with Crippen molar-refractivity contribution in [1.29, 1.82) is 5.26 Å². The first-order valence-corrected chi connectivity index (χ1v) is 10.8. The second kappa shape index (κ2) is 8.86. The van der Waals surface area contributed by atoms with Gasteiger partial charge in [0.1, 0.15) is 17.6 Å². The van der Waals surface area contributed by atoms with Crippen molar-refractivity contribution in [3.05, 3.63) is 64.9 Å². The van der Waals surface area contributed by atoms with Gasteiger partial charge in [0.05, 0.1) is 29.3 Å². The van der Waals surface area contributed by atoms with Gasteiger partial charge in [0, 0.05) is 23.8 Å². The Bertz CT molecular complexity index is 1090. The van der Waals surface area contributed by atoms with E-state index in [1.165, 1.54) is 17.7 Å². The number of pyridine rings is 2. The number of nitrogens with zero attached hydrogens (tertiary/aromatic N) is 6. The van der Waals surface area contributed by atoms with E-state index in [0.717, 1.165) is 42.4 Å². The summed E-state index contributed by atoms with van der Waals surface area (Å²) in [5.41, 5.74) is 6.01. The van der Waals surface area contributed by atoms with E-state index in [1.54, 1.807) is 12.3 Å². The molecular formula is C24H29N7. The summed E-state index contributed by atoms with van der Waals surface area (Å²) < 4.78 is 2.13. The summed E-state index contributed by atoms with van der Waals surface area (Å²) in [6.45, 7) is 10.6. The van der Waals surface area contributed by atoms with Crippen LogP contribution in [0, 0.1) is 25.2 Å². The van der Waals surface area contributed by atoms with Crippen LogP contribution in [-0.2, 0) is 6.54 Å². The van der Waals surface area contributed by atoms with Crippen LogP contribution in [0.4, 0.5) is 11.5 Å². The number of aryl methyl sites for hydroxylation is 1. The minimum Gasteiger partial charge on any atom is -0.339 e. The first kappa shape index (κ1) is 21.0. The Morgan fingerprint density at radius 3 is 2.74 bits per heavy atom.